The van der Waals surface area contributed by atoms with Gasteiger partial charge in [-0.1, -0.05) is 25.1 Å². The third-order valence-corrected chi connectivity index (χ3v) is 3.98. The van der Waals surface area contributed by atoms with Gasteiger partial charge in [-0.3, -0.25) is 0 Å². The minimum Gasteiger partial charge on any atom is -0.481 e. The number of ether oxygens (including phenoxy) is 1. The second kappa shape index (κ2) is 5.63. The van der Waals surface area contributed by atoms with Crippen LogP contribution in [-0.2, 0) is 6.42 Å². The summed E-state index contributed by atoms with van der Waals surface area (Å²) in [5.74, 6) is 0.668. The molecule has 1 unspecified atom stereocenters. The summed E-state index contributed by atoms with van der Waals surface area (Å²) in [6.45, 7) is 3.17. The molecule has 0 amide bonds. The van der Waals surface area contributed by atoms with E-state index in [1.54, 1.807) is 7.11 Å². The van der Waals surface area contributed by atoms with Gasteiger partial charge in [-0.2, -0.15) is 0 Å². The van der Waals surface area contributed by atoms with E-state index in [-0.39, 0.29) is 0 Å². The van der Waals surface area contributed by atoms with E-state index in [2.05, 4.69) is 41.5 Å². The largest absolute Gasteiger partial charge is 0.481 e. The summed E-state index contributed by atoms with van der Waals surface area (Å²) in [5.41, 5.74) is 5.40. The maximum Gasteiger partial charge on any atom is 0.213 e. The molecule has 3 nitrogen and oxygen atoms in total. The van der Waals surface area contributed by atoms with Crippen LogP contribution in [0.3, 0.4) is 0 Å². The van der Waals surface area contributed by atoms with E-state index >= 15 is 0 Å². The van der Waals surface area contributed by atoms with Crippen LogP contribution in [0, 0.1) is 0 Å². The molecule has 1 aliphatic carbocycles. The van der Waals surface area contributed by atoms with Gasteiger partial charge in [0.25, 0.3) is 0 Å². The Hall–Kier alpha value is -1.87. The Morgan fingerprint density at radius 1 is 1.35 bits per heavy atom. The molecule has 0 radical (unpaired) electrons. The van der Waals surface area contributed by atoms with Gasteiger partial charge in [0.05, 0.1) is 7.11 Å². The van der Waals surface area contributed by atoms with E-state index in [1.807, 2.05) is 12.3 Å². The normalized spacial score (nSPS) is 17.0. The summed E-state index contributed by atoms with van der Waals surface area (Å²) in [6, 6.07) is 11.2. The molecule has 104 valence electrons. The van der Waals surface area contributed by atoms with E-state index in [4.69, 9.17) is 4.74 Å². The molecule has 1 aromatic heterocycles. The molecule has 1 atom stereocenters. The lowest BCUT2D eigenvalue weighted by Gasteiger charge is -2.14. The van der Waals surface area contributed by atoms with Crippen molar-refractivity contribution in [2.45, 2.75) is 25.8 Å². The lowest BCUT2D eigenvalue weighted by Crippen LogP contribution is -2.18. The summed E-state index contributed by atoms with van der Waals surface area (Å²) >= 11 is 0. The second-order valence-electron chi connectivity index (χ2n) is 5.11. The number of nitrogens with zero attached hydrogens (tertiary/aromatic N) is 1. The van der Waals surface area contributed by atoms with Gasteiger partial charge in [-0.25, -0.2) is 4.98 Å². The molecule has 1 heterocycles. The Labute approximate surface area is 120 Å². The van der Waals surface area contributed by atoms with Gasteiger partial charge in [0.1, 0.15) is 0 Å². The molecule has 2 aromatic rings. The van der Waals surface area contributed by atoms with Crippen molar-refractivity contribution in [2.24, 2.45) is 0 Å². The fraction of sp³-hybridized carbons (Fsp3) is 0.353. The smallest absolute Gasteiger partial charge is 0.213 e. The molecule has 0 spiro atoms. The van der Waals surface area contributed by atoms with Crippen LogP contribution in [0.5, 0.6) is 5.88 Å². The zero-order chi connectivity index (χ0) is 13.9. The molecular weight excluding hydrogens is 248 g/mol. The van der Waals surface area contributed by atoms with E-state index in [1.165, 1.54) is 28.7 Å². The third-order valence-electron chi connectivity index (χ3n) is 3.98. The van der Waals surface area contributed by atoms with Gasteiger partial charge in [0.15, 0.2) is 0 Å². The Morgan fingerprint density at radius 3 is 3.05 bits per heavy atom. The highest BCUT2D eigenvalue weighted by molar-refractivity contribution is 5.70. The maximum absolute atomic E-state index is 5.23. The summed E-state index contributed by atoms with van der Waals surface area (Å²) < 4.78 is 5.23. The van der Waals surface area contributed by atoms with Gasteiger partial charge in [-0.05, 0) is 47.7 Å². The lowest BCUT2D eigenvalue weighted by molar-refractivity contribution is 0.398. The number of rotatable bonds is 4. The Kier molecular flexibility index (Phi) is 3.70. The average Bonchev–Trinajstić information content (AvgIpc) is 2.91. The van der Waals surface area contributed by atoms with Crippen molar-refractivity contribution in [1.82, 2.24) is 10.3 Å². The van der Waals surface area contributed by atoms with Gasteiger partial charge < -0.3 is 10.1 Å². The van der Waals surface area contributed by atoms with Crippen molar-refractivity contribution < 1.29 is 4.74 Å². The number of fused-ring (bicyclic) bond motifs is 1. The highest BCUT2D eigenvalue weighted by Crippen LogP contribution is 2.38. The molecule has 20 heavy (non-hydrogen) atoms. The molecule has 0 fully saturated rings. The topological polar surface area (TPSA) is 34.2 Å². The quantitative estimate of drug-likeness (QED) is 0.923. The highest BCUT2D eigenvalue weighted by Gasteiger charge is 2.24. The van der Waals surface area contributed by atoms with Crippen molar-refractivity contribution in [3.63, 3.8) is 0 Å². The first-order valence-electron chi connectivity index (χ1n) is 7.19. The molecule has 1 aromatic carbocycles. The van der Waals surface area contributed by atoms with E-state index < -0.39 is 0 Å². The first-order valence-corrected chi connectivity index (χ1v) is 7.19. The predicted octanol–water partition coefficient (Wildman–Crippen LogP) is 3.35. The Balaban J connectivity index is 2.03. The van der Waals surface area contributed by atoms with Crippen molar-refractivity contribution in [3.8, 4) is 17.0 Å². The zero-order valence-electron chi connectivity index (χ0n) is 12.0. The van der Waals surface area contributed by atoms with Crippen LogP contribution < -0.4 is 10.1 Å². The van der Waals surface area contributed by atoms with Gasteiger partial charge >= 0.3 is 0 Å². The fourth-order valence-corrected chi connectivity index (χ4v) is 3.07. The lowest BCUT2D eigenvalue weighted by atomic mass is 9.97. The minimum absolute atomic E-state index is 0.499. The fourth-order valence-electron chi connectivity index (χ4n) is 3.07. The SMILES string of the molecule is CCNC1CCc2c(-c3ccnc(OC)c3)cccc21. The zero-order valence-corrected chi connectivity index (χ0v) is 12.0. The van der Waals surface area contributed by atoms with Crippen LogP contribution in [0.25, 0.3) is 11.1 Å². The van der Waals surface area contributed by atoms with Crippen molar-refractivity contribution in [3.05, 3.63) is 47.7 Å². The van der Waals surface area contributed by atoms with Crippen LogP contribution in [0.1, 0.15) is 30.5 Å². The van der Waals surface area contributed by atoms with Crippen LogP contribution in [0.4, 0.5) is 0 Å². The molecule has 3 rings (SSSR count). The molecule has 0 aliphatic heterocycles. The van der Waals surface area contributed by atoms with Gasteiger partial charge in [0.2, 0.25) is 5.88 Å². The van der Waals surface area contributed by atoms with Crippen LogP contribution in [-0.4, -0.2) is 18.6 Å². The number of hydrogen-bond donors (Lipinski definition) is 1. The summed E-state index contributed by atoms with van der Waals surface area (Å²) in [7, 11) is 1.66. The first-order chi connectivity index (χ1) is 9.83. The number of aromatic nitrogens is 1. The van der Waals surface area contributed by atoms with Crippen molar-refractivity contribution in [1.29, 1.82) is 0 Å². The number of hydrogen-bond acceptors (Lipinski definition) is 3. The van der Waals surface area contributed by atoms with E-state index in [9.17, 15) is 0 Å². The highest BCUT2D eigenvalue weighted by atomic mass is 16.5. The van der Waals surface area contributed by atoms with Gasteiger partial charge in [-0.15, -0.1) is 0 Å². The Morgan fingerprint density at radius 2 is 2.25 bits per heavy atom. The van der Waals surface area contributed by atoms with E-state index in [0.717, 1.165) is 13.0 Å². The summed E-state index contributed by atoms with van der Waals surface area (Å²) in [5, 5.41) is 3.56. The molecule has 0 saturated heterocycles. The third kappa shape index (κ3) is 2.29. The molecule has 1 aliphatic rings. The molecule has 3 heteroatoms. The molecule has 0 saturated carbocycles. The van der Waals surface area contributed by atoms with Crippen LogP contribution in [0.15, 0.2) is 36.5 Å². The number of benzene rings is 1. The molecular formula is C17H20N2O. The minimum atomic E-state index is 0.499. The van der Waals surface area contributed by atoms with Gasteiger partial charge in [0, 0.05) is 18.3 Å². The number of nitrogens with one attached hydrogen (secondary N) is 1. The molecule has 0 bridgehead atoms. The number of pyridine rings is 1. The van der Waals surface area contributed by atoms with Crippen molar-refractivity contribution >= 4 is 0 Å². The number of methoxy groups -OCH3 is 1. The van der Waals surface area contributed by atoms with Crippen LogP contribution in [0.2, 0.25) is 0 Å². The second-order valence-corrected chi connectivity index (χ2v) is 5.11. The first kappa shape index (κ1) is 13.1. The van der Waals surface area contributed by atoms with E-state index in [0.29, 0.717) is 11.9 Å². The van der Waals surface area contributed by atoms with Crippen molar-refractivity contribution in [2.75, 3.05) is 13.7 Å². The molecule has 1 N–H and O–H groups in total. The summed E-state index contributed by atoms with van der Waals surface area (Å²) in [6.07, 6.45) is 4.13. The monoisotopic (exact) mass is 268 g/mol. The Bertz CT molecular complexity index is 610. The average molecular weight is 268 g/mol. The van der Waals surface area contributed by atoms with Crippen LogP contribution >= 0.6 is 0 Å². The standard InChI is InChI=1S/C17H20N2O/c1-3-18-16-8-7-14-13(5-4-6-15(14)16)12-9-10-19-17(11-12)20-2/h4-6,9-11,16,18H,3,7-8H2,1-2H3. The maximum atomic E-state index is 5.23. The summed E-state index contributed by atoms with van der Waals surface area (Å²) in [4.78, 5) is 4.19. The predicted molar refractivity (Wildman–Crippen MR) is 81.0 cm³/mol.